The minimum Gasteiger partial charge on any atom is -0.594 e. The van der Waals surface area contributed by atoms with E-state index in [1.807, 2.05) is 0 Å². The van der Waals surface area contributed by atoms with E-state index in [0.29, 0.717) is 34.8 Å². The zero-order chi connectivity index (χ0) is 15.2. The maximum Gasteiger partial charge on any atom is 0.288 e. The standard InChI is InChI=1S/C13H17N5O3/c1-9(19)15-7-2-3-8-21-11-6-4-5-10-12(11)16-13(14)17-18(10)20/h4-6H,2-3,7-8H2,1H3,(H,15,19)(H2,14,16,17). The second-order valence-corrected chi connectivity index (χ2v) is 4.51. The van der Waals surface area contributed by atoms with E-state index in [1.165, 1.54) is 6.92 Å². The van der Waals surface area contributed by atoms with Crippen molar-refractivity contribution in [1.82, 2.24) is 15.4 Å². The molecule has 21 heavy (non-hydrogen) atoms. The molecule has 0 radical (unpaired) electrons. The Labute approximate surface area is 121 Å². The summed E-state index contributed by atoms with van der Waals surface area (Å²) in [6.07, 6.45) is 1.58. The topological polar surface area (TPSA) is 117 Å². The average Bonchev–Trinajstić information content (AvgIpc) is 2.42. The maximum atomic E-state index is 11.6. The van der Waals surface area contributed by atoms with Crippen molar-refractivity contribution in [2.75, 3.05) is 18.9 Å². The second-order valence-electron chi connectivity index (χ2n) is 4.51. The van der Waals surface area contributed by atoms with Crippen LogP contribution in [0.5, 0.6) is 5.75 Å². The molecule has 2 rings (SSSR count). The lowest BCUT2D eigenvalue weighted by molar-refractivity contribution is -0.641. The van der Waals surface area contributed by atoms with Gasteiger partial charge in [-0.2, -0.15) is 4.98 Å². The van der Waals surface area contributed by atoms with E-state index in [4.69, 9.17) is 10.5 Å². The number of nitrogens with zero attached hydrogens (tertiary/aromatic N) is 3. The number of amides is 1. The number of ether oxygens (including phenoxy) is 1. The minimum absolute atomic E-state index is 0.0443. The van der Waals surface area contributed by atoms with Gasteiger partial charge in [0, 0.05) is 19.5 Å². The van der Waals surface area contributed by atoms with Crippen LogP contribution < -0.4 is 20.6 Å². The molecule has 0 unspecified atom stereocenters. The van der Waals surface area contributed by atoms with Crippen LogP contribution in [0.4, 0.5) is 5.95 Å². The van der Waals surface area contributed by atoms with Gasteiger partial charge in [0.1, 0.15) is 0 Å². The first kappa shape index (κ1) is 14.8. The zero-order valence-electron chi connectivity index (χ0n) is 11.7. The van der Waals surface area contributed by atoms with Crippen LogP contribution in [0.25, 0.3) is 11.0 Å². The van der Waals surface area contributed by atoms with Crippen LogP contribution in [0.3, 0.4) is 0 Å². The van der Waals surface area contributed by atoms with Crippen molar-refractivity contribution in [3.8, 4) is 5.75 Å². The molecule has 0 aliphatic rings. The van der Waals surface area contributed by atoms with Gasteiger partial charge in [0.15, 0.2) is 11.3 Å². The summed E-state index contributed by atoms with van der Waals surface area (Å²) >= 11 is 0. The number of benzene rings is 1. The molecular weight excluding hydrogens is 274 g/mol. The molecule has 1 aromatic carbocycles. The van der Waals surface area contributed by atoms with Gasteiger partial charge in [-0.1, -0.05) is 6.07 Å². The van der Waals surface area contributed by atoms with Gasteiger partial charge in [-0.25, -0.2) is 0 Å². The number of hydrogen-bond donors (Lipinski definition) is 2. The van der Waals surface area contributed by atoms with Gasteiger partial charge < -0.3 is 21.0 Å². The fourth-order valence-electron chi connectivity index (χ4n) is 1.85. The van der Waals surface area contributed by atoms with E-state index in [1.54, 1.807) is 18.2 Å². The molecule has 1 amide bonds. The molecule has 0 saturated carbocycles. The third kappa shape index (κ3) is 3.91. The number of carbonyl (C=O) groups is 1. The monoisotopic (exact) mass is 291 g/mol. The predicted octanol–water partition coefficient (Wildman–Crippen LogP) is 0.141. The number of rotatable bonds is 6. The lowest BCUT2D eigenvalue weighted by atomic mass is 10.3. The molecule has 8 nitrogen and oxygen atoms in total. The average molecular weight is 291 g/mol. The van der Waals surface area contributed by atoms with Gasteiger partial charge in [-0.05, 0) is 23.8 Å². The normalized spacial score (nSPS) is 10.5. The molecule has 0 fully saturated rings. The van der Waals surface area contributed by atoms with E-state index in [2.05, 4.69) is 15.4 Å². The van der Waals surface area contributed by atoms with Gasteiger partial charge in [-0.15, -0.1) is 0 Å². The Balaban J connectivity index is 1.97. The first-order valence-electron chi connectivity index (χ1n) is 6.61. The predicted molar refractivity (Wildman–Crippen MR) is 76.3 cm³/mol. The van der Waals surface area contributed by atoms with Crippen molar-refractivity contribution in [2.24, 2.45) is 0 Å². The quantitative estimate of drug-likeness (QED) is 0.444. The molecule has 0 atom stereocenters. The molecule has 0 aliphatic heterocycles. The summed E-state index contributed by atoms with van der Waals surface area (Å²) in [6, 6.07) is 5.02. The lowest BCUT2D eigenvalue weighted by Gasteiger charge is -2.08. The largest absolute Gasteiger partial charge is 0.594 e. The maximum absolute atomic E-state index is 11.6. The second kappa shape index (κ2) is 6.69. The Kier molecular flexibility index (Phi) is 4.70. The van der Waals surface area contributed by atoms with Crippen molar-refractivity contribution >= 4 is 22.9 Å². The number of nitrogens with one attached hydrogen (secondary N) is 1. The number of nitrogens with two attached hydrogens (primary N) is 1. The molecule has 1 aromatic heterocycles. The Hall–Kier alpha value is -2.64. The minimum atomic E-state index is -0.0980. The Morgan fingerprint density at radius 2 is 2.29 bits per heavy atom. The first-order chi connectivity index (χ1) is 10.1. The Morgan fingerprint density at radius 3 is 3.05 bits per heavy atom. The highest BCUT2D eigenvalue weighted by Gasteiger charge is 2.13. The van der Waals surface area contributed by atoms with Crippen molar-refractivity contribution in [2.45, 2.75) is 19.8 Å². The van der Waals surface area contributed by atoms with Gasteiger partial charge in [0.2, 0.25) is 5.91 Å². The van der Waals surface area contributed by atoms with Crippen molar-refractivity contribution in [3.63, 3.8) is 0 Å². The third-order valence-electron chi connectivity index (χ3n) is 2.81. The lowest BCUT2D eigenvalue weighted by Crippen LogP contribution is -2.33. The number of fused-ring (bicyclic) bond motifs is 1. The summed E-state index contributed by atoms with van der Waals surface area (Å²) in [6.45, 7) is 2.56. The molecule has 1 heterocycles. The summed E-state index contributed by atoms with van der Waals surface area (Å²) in [7, 11) is 0. The Bertz CT molecular complexity index is 647. The van der Waals surface area contributed by atoms with Crippen LogP contribution in [-0.4, -0.2) is 29.1 Å². The van der Waals surface area contributed by atoms with Crippen LogP contribution >= 0.6 is 0 Å². The summed E-state index contributed by atoms with van der Waals surface area (Å²) in [5.74, 6) is 0.349. The fourth-order valence-corrected chi connectivity index (χ4v) is 1.85. The number of hydrogen-bond acceptors (Lipinski definition) is 6. The van der Waals surface area contributed by atoms with Crippen LogP contribution in [0.2, 0.25) is 0 Å². The Morgan fingerprint density at radius 1 is 1.48 bits per heavy atom. The van der Waals surface area contributed by atoms with Crippen molar-refractivity contribution in [3.05, 3.63) is 23.4 Å². The number of nitrogen functional groups attached to an aromatic ring is 1. The number of unbranched alkanes of at least 4 members (excludes halogenated alkanes) is 1. The van der Waals surface area contributed by atoms with Gasteiger partial charge in [-0.3, -0.25) is 4.79 Å². The number of aromatic nitrogens is 3. The molecule has 3 N–H and O–H groups in total. The SMILES string of the molecule is CC(=O)NCCCCOc1cccc2c1nc(N)n[n+]2[O-]. The van der Waals surface area contributed by atoms with E-state index < -0.39 is 0 Å². The van der Waals surface area contributed by atoms with Crippen LogP contribution in [-0.2, 0) is 4.79 Å². The van der Waals surface area contributed by atoms with E-state index in [-0.39, 0.29) is 11.9 Å². The molecule has 2 aromatic rings. The molecular formula is C13H17N5O3. The summed E-state index contributed by atoms with van der Waals surface area (Å²) < 4.78 is 5.63. The fraction of sp³-hybridized carbons (Fsp3) is 0.385. The van der Waals surface area contributed by atoms with Crippen molar-refractivity contribution < 1.29 is 14.4 Å². The molecule has 112 valence electrons. The summed E-state index contributed by atoms with van der Waals surface area (Å²) in [4.78, 5) is 15.2. The molecule has 0 bridgehead atoms. The van der Waals surface area contributed by atoms with Crippen LogP contribution in [0.15, 0.2) is 18.2 Å². The van der Waals surface area contributed by atoms with Gasteiger partial charge in [0.05, 0.1) is 11.7 Å². The van der Waals surface area contributed by atoms with Crippen LogP contribution in [0, 0.1) is 5.21 Å². The van der Waals surface area contributed by atoms with Gasteiger partial charge in [0.25, 0.3) is 11.5 Å². The summed E-state index contributed by atoms with van der Waals surface area (Å²) in [5.41, 5.74) is 6.17. The van der Waals surface area contributed by atoms with E-state index in [0.717, 1.165) is 12.8 Å². The highest BCUT2D eigenvalue weighted by atomic mass is 16.5. The number of anilines is 1. The van der Waals surface area contributed by atoms with Gasteiger partial charge >= 0.3 is 0 Å². The van der Waals surface area contributed by atoms with E-state index >= 15 is 0 Å². The molecule has 8 heteroatoms. The highest BCUT2D eigenvalue weighted by molar-refractivity contribution is 5.78. The number of carbonyl (C=O) groups excluding carboxylic acids is 1. The molecule has 0 saturated heterocycles. The van der Waals surface area contributed by atoms with E-state index in [9.17, 15) is 10.0 Å². The summed E-state index contributed by atoms with van der Waals surface area (Å²) in [5, 5.41) is 17.8. The highest BCUT2D eigenvalue weighted by Crippen LogP contribution is 2.21. The third-order valence-corrected chi connectivity index (χ3v) is 2.81. The van der Waals surface area contributed by atoms with Crippen LogP contribution in [0.1, 0.15) is 19.8 Å². The zero-order valence-corrected chi connectivity index (χ0v) is 11.7. The smallest absolute Gasteiger partial charge is 0.288 e. The number of para-hydroxylation sites is 1. The van der Waals surface area contributed by atoms with Crippen molar-refractivity contribution in [1.29, 1.82) is 0 Å². The molecule has 0 spiro atoms. The molecule has 0 aliphatic carbocycles. The first-order valence-corrected chi connectivity index (χ1v) is 6.61.